The van der Waals surface area contributed by atoms with Crippen LogP contribution in [0.4, 0.5) is 0 Å². The average Bonchev–Trinajstić information content (AvgIpc) is 2.39. The van der Waals surface area contributed by atoms with Crippen molar-refractivity contribution < 1.29 is 9.90 Å². The predicted molar refractivity (Wildman–Crippen MR) is 68.6 cm³/mol. The summed E-state index contributed by atoms with van der Waals surface area (Å²) >= 11 is 0. The third-order valence-corrected chi connectivity index (χ3v) is 3.61. The number of piperazine rings is 1. The number of primary amides is 1. The van der Waals surface area contributed by atoms with Gasteiger partial charge in [-0.15, -0.1) is 0 Å². The Morgan fingerprint density at radius 2 is 2.17 bits per heavy atom. The Bertz CT molecular complexity index is 424. The third-order valence-electron chi connectivity index (χ3n) is 3.61. The van der Waals surface area contributed by atoms with Crippen molar-refractivity contribution in [3.63, 3.8) is 0 Å². The molecule has 18 heavy (non-hydrogen) atoms. The number of carbonyl (C=O) groups is 1. The van der Waals surface area contributed by atoms with Crippen molar-refractivity contribution in [2.45, 2.75) is 18.7 Å². The van der Waals surface area contributed by atoms with Crippen LogP contribution in [0.1, 0.15) is 12.5 Å². The lowest BCUT2D eigenvalue weighted by Gasteiger charge is -2.44. The number of β-amino-alcohol motifs (C(OH)–C–C–N with tert-alkyl or cyclic N) is 1. The van der Waals surface area contributed by atoms with Gasteiger partial charge < -0.3 is 16.2 Å². The van der Waals surface area contributed by atoms with Gasteiger partial charge in [0.15, 0.2) is 0 Å². The number of hydrogen-bond donors (Lipinski definition) is 3. The summed E-state index contributed by atoms with van der Waals surface area (Å²) in [5.41, 5.74) is 5.40. The van der Waals surface area contributed by atoms with E-state index >= 15 is 0 Å². The summed E-state index contributed by atoms with van der Waals surface area (Å²) in [7, 11) is 0. The highest BCUT2D eigenvalue weighted by Crippen LogP contribution is 2.29. The number of nitrogens with two attached hydrogens (primary N) is 1. The Hall–Kier alpha value is -1.43. The summed E-state index contributed by atoms with van der Waals surface area (Å²) in [6, 6.07) is 9.34. The molecule has 1 aliphatic heterocycles. The Labute approximate surface area is 107 Å². The van der Waals surface area contributed by atoms with Crippen molar-refractivity contribution in [2.24, 2.45) is 5.73 Å². The number of aliphatic hydroxyl groups is 1. The first kappa shape index (κ1) is 13.0. The molecule has 1 aliphatic rings. The van der Waals surface area contributed by atoms with Crippen molar-refractivity contribution in [3.8, 4) is 0 Å². The monoisotopic (exact) mass is 249 g/mol. The van der Waals surface area contributed by atoms with Crippen LogP contribution in [0.15, 0.2) is 30.3 Å². The predicted octanol–water partition coefficient (Wildman–Crippen LogP) is -0.389. The zero-order valence-corrected chi connectivity index (χ0v) is 10.5. The second-order valence-corrected chi connectivity index (χ2v) is 4.68. The second kappa shape index (κ2) is 5.06. The molecule has 1 fully saturated rings. The van der Waals surface area contributed by atoms with Gasteiger partial charge in [-0.25, -0.2) is 0 Å². The lowest BCUT2D eigenvalue weighted by molar-refractivity contribution is -0.142. The molecule has 98 valence electrons. The van der Waals surface area contributed by atoms with Crippen molar-refractivity contribution >= 4 is 5.91 Å². The molecule has 2 unspecified atom stereocenters. The molecule has 1 heterocycles. The zero-order chi connectivity index (χ0) is 13.2. The van der Waals surface area contributed by atoms with Crippen LogP contribution in [0.5, 0.6) is 0 Å². The molecule has 2 atom stereocenters. The number of aliphatic hydroxyl groups excluding tert-OH is 1. The largest absolute Gasteiger partial charge is 0.377 e. The minimum Gasteiger partial charge on any atom is -0.377 e. The van der Waals surface area contributed by atoms with Gasteiger partial charge in [0.25, 0.3) is 0 Å². The van der Waals surface area contributed by atoms with Gasteiger partial charge >= 0.3 is 0 Å². The van der Waals surface area contributed by atoms with Crippen molar-refractivity contribution in [2.75, 3.05) is 19.6 Å². The molecule has 0 radical (unpaired) electrons. The van der Waals surface area contributed by atoms with Crippen LogP contribution in [0.3, 0.4) is 0 Å². The quantitative estimate of drug-likeness (QED) is 0.682. The van der Waals surface area contributed by atoms with Crippen LogP contribution in [0, 0.1) is 0 Å². The summed E-state index contributed by atoms with van der Waals surface area (Å²) in [4.78, 5) is 13.7. The van der Waals surface area contributed by atoms with E-state index in [1.165, 1.54) is 0 Å². The van der Waals surface area contributed by atoms with Crippen LogP contribution in [-0.2, 0) is 10.3 Å². The van der Waals surface area contributed by atoms with Crippen molar-refractivity contribution in [1.29, 1.82) is 0 Å². The molecule has 0 aromatic heterocycles. The van der Waals surface area contributed by atoms with Crippen LogP contribution >= 0.6 is 0 Å². The Kier molecular flexibility index (Phi) is 3.65. The molecule has 5 nitrogen and oxygen atoms in total. The van der Waals surface area contributed by atoms with Gasteiger partial charge in [0.1, 0.15) is 11.8 Å². The number of benzene rings is 1. The molecule has 2 rings (SSSR count). The summed E-state index contributed by atoms with van der Waals surface area (Å²) in [5.74, 6) is -0.449. The highest BCUT2D eigenvalue weighted by molar-refractivity contribution is 5.85. The van der Waals surface area contributed by atoms with E-state index in [1.54, 1.807) is 11.8 Å². The first-order chi connectivity index (χ1) is 8.56. The number of amides is 1. The van der Waals surface area contributed by atoms with E-state index in [9.17, 15) is 9.90 Å². The first-order valence-corrected chi connectivity index (χ1v) is 6.08. The minimum atomic E-state index is -0.983. The lowest BCUT2D eigenvalue weighted by atomic mass is 9.88. The summed E-state index contributed by atoms with van der Waals surface area (Å²) in [6.07, 6.45) is -0.712. The fourth-order valence-corrected chi connectivity index (χ4v) is 2.42. The lowest BCUT2D eigenvalue weighted by Crippen LogP contribution is -2.63. The maximum absolute atomic E-state index is 11.9. The highest BCUT2D eigenvalue weighted by atomic mass is 16.3. The first-order valence-electron chi connectivity index (χ1n) is 6.08. The smallest absolute Gasteiger partial charge is 0.242 e. The molecule has 4 N–H and O–H groups in total. The Morgan fingerprint density at radius 3 is 2.72 bits per heavy atom. The number of nitrogens with zero attached hydrogens (tertiary/aromatic N) is 1. The number of rotatable bonds is 3. The van der Waals surface area contributed by atoms with Gasteiger partial charge in [-0.3, -0.25) is 9.69 Å². The molecule has 1 aromatic carbocycles. The molecule has 5 heteroatoms. The topological polar surface area (TPSA) is 78.6 Å². The standard InChI is InChI=1S/C13H19N3O2/c1-13(12(14)18,10-5-3-2-4-6-10)16-8-7-15-9-11(16)17/h2-6,11,15,17H,7-9H2,1H3,(H2,14,18). The summed E-state index contributed by atoms with van der Waals surface area (Å²) in [6.45, 7) is 3.51. The fraction of sp³-hybridized carbons (Fsp3) is 0.462. The van der Waals surface area contributed by atoms with Gasteiger partial charge in [-0.2, -0.15) is 0 Å². The summed E-state index contributed by atoms with van der Waals surface area (Å²) < 4.78 is 0. The van der Waals surface area contributed by atoms with Gasteiger partial charge in [0, 0.05) is 19.6 Å². The van der Waals surface area contributed by atoms with Crippen LogP contribution in [-0.4, -0.2) is 41.8 Å². The maximum atomic E-state index is 11.9. The molecule has 0 saturated carbocycles. The van der Waals surface area contributed by atoms with E-state index in [1.807, 2.05) is 30.3 Å². The molecular weight excluding hydrogens is 230 g/mol. The van der Waals surface area contributed by atoms with E-state index in [0.29, 0.717) is 13.1 Å². The van der Waals surface area contributed by atoms with Gasteiger partial charge in [-0.1, -0.05) is 30.3 Å². The van der Waals surface area contributed by atoms with Crippen LogP contribution < -0.4 is 11.1 Å². The third kappa shape index (κ3) is 2.12. The van der Waals surface area contributed by atoms with Crippen molar-refractivity contribution in [1.82, 2.24) is 10.2 Å². The Balaban J connectivity index is 2.41. The van der Waals surface area contributed by atoms with Crippen LogP contribution in [0.2, 0.25) is 0 Å². The number of hydrogen-bond acceptors (Lipinski definition) is 4. The minimum absolute atomic E-state index is 0.440. The molecule has 1 saturated heterocycles. The van der Waals surface area contributed by atoms with E-state index in [4.69, 9.17) is 5.73 Å². The average molecular weight is 249 g/mol. The molecule has 1 amide bonds. The van der Waals surface area contributed by atoms with E-state index < -0.39 is 17.7 Å². The van der Waals surface area contributed by atoms with E-state index in [0.717, 1.165) is 12.1 Å². The Morgan fingerprint density at radius 1 is 1.50 bits per heavy atom. The number of carbonyl (C=O) groups excluding carboxylic acids is 1. The van der Waals surface area contributed by atoms with E-state index in [-0.39, 0.29) is 0 Å². The maximum Gasteiger partial charge on any atom is 0.242 e. The van der Waals surface area contributed by atoms with Gasteiger partial charge in [-0.05, 0) is 12.5 Å². The second-order valence-electron chi connectivity index (χ2n) is 4.68. The van der Waals surface area contributed by atoms with Gasteiger partial charge in [0.2, 0.25) is 5.91 Å². The zero-order valence-electron chi connectivity index (χ0n) is 10.5. The molecule has 0 aliphatic carbocycles. The van der Waals surface area contributed by atoms with E-state index in [2.05, 4.69) is 5.32 Å². The molecular formula is C13H19N3O2. The van der Waals surface area contributed by atoms with Crippen molar-refractivity contribution in [3.05, 3.63) is 35.9 Å². The highest BCUT2D eigenvalue weighted by Gasteiger charge is 2.43. The molecule has 0 bridgehead atoms. The molecule has 0 spiro atoms. The van der Waals surface area contributed by atoms with Gasteiger partial charge in [0.05, 0.1) is 0 Å². The molecule has 1 aromatic rings. The fourth-order valence-electron chi connectivity index (χ4n) is 2.42. The summed E-state index contributed by atoms with van der Waals surface area (Å²) in [5, 5.41) is 13.2. The number of nitrogens with one attached hydrogen (secondary N) is 1. The van der Waals surface area contributed by atoms with Crippen LogP contribution in [0.25, 0.3) is 0 Å². The normalized spacial score (nSPS) is 24.4. The SMILES string of the molecule is CC(C(N)=O)(c1ccccc1)N1CCNCC1O.